The van der Waals surface area contributed by atoms with Crippen LogP contribution in [0.25, 0.3) is 0 Å². The first-order valence-electron chi connectivity index (χ1n) is 8.37. The summed E-state index contributed by atoms with van der Waals surface area (Å²) in [5, 5.41) is 23.3. The Hall–Kier alpha value is -0.960. The number of hydrogen-bond acceptors (Lipinski definition) is 7. The number of likely N-dealkylation sites (tertiary alicyclic amines) is 1. The van der Waals surface area contributed by atoms with Crippen molar-refractivity contribution in [2.75, 3.05) is 19.7 Å². The van der Waals surface area contributed by atoms with Crippen LogP contribution >= 0.6 is 0 Å². The Bertz CT molecular complexity index is 528. The summed E-state index contributed by atoms with van der Waals surface area (Å²) < 4.78 is 17.2. The summed E-state index contributed by atoms with van der Waals surface area (Å²) in [4.78, 5) is 2.28. The molecule has 2 bridgehead atoms. The maximum absolute atomic E-state index is 10.9. The minimum Gasteiger partial charge on any atom is -0.462 e. The molecule has 0 amide bonds. The minimum atomic E-state index is -0.536. The van der Waals surface area contributed by atoms with Crippen molar-refractivity contribution < 1.29 is 24.1 Å². The van der Waals surface area contributed by atoms with Crippen LogP contribution in [0.1, 0.15) is 24.4 Å². The van der Waals surface area contributed by atoms with Crippen LogP contribution in [-0.2, 0) is 22.6 Å². The van der Waals surface area contributed by atoms with Gasteiger partial charge >= 0.3 is 0 Å². The highest BCUT2D eigenvalue weighted by Gasteiger charge is 2.52. The van der Waals surface area contributed by atoms with Crippen LogP contribution < -0.4 is 5.32 Å². The molecule has 1 aromatic rings. The van der Waals surface area contributed by atoms with Gasteiger partial charge in [0, 0.05) is 0 Å². The molecule has 7 heteroatoms. The van der Waals surface area contributed by atoms with E-state index in [1.165, 1.54) is 0 Å². The van der Waals surface area contributed by atoms with Crippen molar-refractivity contribution in [3.8, 4) is 0 Å². The van der Waals surface area contributed by atoms with E-state index in [-0.39, 0.29) is 31.1 Å². The molecule has 3 fully saturated rings. The molecule has 7 nitrogen and oxygen atoms in total. The number of rotatable bonds is 5. The Morgan fingerprint density at radius 3 is 2.74 bits per heavy atom. The molecule has 128 valence electrons. The second-order valence-electron chi connectivity index (χ2n) is 6.53. The topological polar surface area (TPSA) is 87.3 Å². The zero-order valence-corrected chi connectivity index (χ0v) is 13.1. The molecule has 0 spiro atoms. The molecular weight excluding hydrogens is 300 g/mol. The van der Waals surface area contributed by atoms with E-state index in [9.17, 15) is 5.11 Å². The zero-order chi connectivity index (χ0) is 15.8. The molecule has 0 aromatic carbocycles. The summed E-state index contributed by atoms with van der Waals surface area (Å²) >= 11 is 0. The molecule has 3 aliphatic heterocycles. The van der Waals surface area contributed by atoms with Crippen LogP contribution in [0, 0.1) is 0 Å². The number of aliphatic hydroxyl groups excluding tert-OH is 2. The largest absolute Gasteiger partial charge is 0.462 e. The highest BCUT2D eigenvalue weighted by Crippen LogP contribution is 2.33. The van der Waals surface area contributed by atoms with Crippen LogP contribution in [0.15, 0.2) is 16.5 Å². The molecule has 3 N–H and O–H groups in total. The molecule has 5 unspecified atom stereocenters. The molecule has 0 radical (unpaired) electrons. The molecule has 4 rings (SSSR count). The van der Waals surface area contributed by atoms with Gasteiger partial charge in [0.05, 0.1) is 31.3 Å². The van der Waals surface area contributed by atoms with Crippen molar-refractivity contribution >= 4 is 0 Å². The van der Waals surface area contributed by atoms with E-state index in [4.69, 9.17) is 19.0 Å². The van der Waals surface area contributed by atoms with E-state index in [1.807, 2.05) is 6.07 Å². The summed E-state index contributed by atoms with van der Waals surface area (Å²) in [7, 11) is 0. The second kappa shape index (κ2) is 6.51. The van der Waals surface area contributed by atoms with E-state index in [2.05, 4.69) is 10.2 Å². The SMILES string of the molecule is OCc1ccc(CNC2C3COC(O3)C(N3CCCC3)C2O)o1. The van der Waals surface area contributed by atoms with Crippen molar-refractivity contribution in [1.82, 2.24) is 10.2 Å². The Balaban J connectivity index is 1.44. The third-order valence-corrected chi connectivity index (χ3v) is 5.08. The van der Waals surface area contributed by atoms with E-state index in [1.54, 1.807) is 6.07 Å². The van der Waals surface area contributed by atoms with Gasteiger partial charge in [0.15, 0.2) is 6.29 Å². The third-order valence-electron chi connectivity index (χ3n) is 5.08. The van der Waals surface area contributed by atoms with E-state index >= 15 is 0 Å². The third kappa shape index (κ3) is 2.93. The van der Waals surface area contributed by atoms with Crippen LogP contribution in [0.2, 0.25) is 0 Å². The summed E-state index contributed by atoms with van der Waals surface area (Å²) in [5.41, 5.74) is 0. The normalized spacial score (nSPS) is 37.6. The van der Waals surface area contributed by atoms with Crippen LogP contribution in [0.3, 0.4) is 0 Å². The fourth-order valence-corrected chi connectivity index (χ4v) is 3.90. The zero-order valence-electron chi connectivity index (χ0n) is 13.1. The average Bonchev–Trinajstić information content (AvgIpc) is 3.28. The summed E-state index contributed by atoms with van der Waals surface area (Å²) in [6, 6.07) is 3.29. The molecule has 23 heavy (non-hydrogen) atoms. The van der Waals surface area contributed by atoms with Gasteiger partial charge < -0.3 is 29.4 Å². The first kappa shape index (κ1) is 15.6. The number of fused-ring (bicyclic) bond motifs is 2. The van der Waals surface area contributed by atoms with Crippen LogP contribution in [-0.4, -0.2) is 65.4 Å². The molecule has 0 aliphatic carbocycles. The quantitative estimate of drug-likeness (QED) is 0.692. The summed E-state index contributed by atoms with van der Waals surface area (Å²) in [6.07, 6.45) is 1.32. The molecule has 4 heterocycles. The first-order chi connectivity index (χ1) is 11.3. The number of nitrogens with zero attached hydrogens (tertiary/aromatic N) is 1. The van der Waals surface area contributed by atoms with Crippen molar-refractivity contribution in [2.24, 2.45) is 0 Å². The summed E-state index contributed by atoms with van der Waals surface area (Å²) in [6.45, 7) is 2.86. The average molecular weight is 324 g/mol. The van der Waals surface area contributed by atoms with Crippen molar-refractivity contribution in [1.29, 1.82) is 0 Å². The lowest BCUT2D eigenvalue weighted by atomic mass is 9.95. The lowest BCUT2D eigenvalue weighted by molar-refractivity contribution is -0.179. The molecule has 3 saturated heterocycles. The molecule has 3 aliphatic rings. The fourth-order valence-electron chi connectivity index (χ4n) is 3.90. The van der Waals surface area contributed by atoms with Gasteiger partial charge in [-0.1, -0.05) is 0 Å². The standard InChI is InChI=1S/C16H24N2O5/c19-8-11-4-3-10(22-11)7-17-13-12-9-21-16(23-12)14(15(13)20)18-5-1-2-6-18/h3-4,12-17,19-20H,1-2,5-9H2. The lowest BCUT2D eigenvalue weighted by Crippen LogP contribution is -2.63. The van der Waals surface area contributed by atoms with Crippen LogP contribution in [0.5, 0.6) is 0 Å². The van der Waals surface area contributed by atoms with Gasteiger partial charge in [-0.2, -0.15) is 0 Å². The van der Waals surface area contributed by atoms with Gasteiger partial charge in [0.2, 0.25) is 0 Å². The van der Waals surface area contributed by atoms with E-state index in [0.29, 0.717) is 18.9 Å². The van der Waals surface area contributed by atoms with Crippen molar-refractivity contribution in [3.05, 3.63) is 23.7 Å². The molecule has 0 saturated carbocycles. The predicted octanol–water partition coefficient (Wildman–Crippen LogP) is -0.189. The maximum Gasteiger partial charge on any atom is 0.176 e. The van der Waals surface area contributed by atoms with E-state index < -0.39 is 6.10 Å². The number of nitrogens with one attached hydrogen (secondary N) is 1. The van der Waals surface area contributed by atoms with Gasteiger partial charge in [-0.05, 0) is 38.1 Å². The number of furan rings is 1. The Kier molecular flexibility index (Phi) is 4.40. The number of aliphatic hydroxyl groups is 2. The monoisotopic (exact) mass is 324 g/mol. The predicted molar refractivity (Wildman–Crippen MR) is 80.5 cm³/mol. The Labute approximate surface area is 135 Å². The highest BCUT2D eigenvalue weighted by atomic mass is 16.7. The van der Waals surface area contributed by atoms with Gasteiger partial charge in [-0.25, -0.2) is 0 Å². The lowest BCUT2D eigenvalue weighted by Gasteiger charge is -2.42. The molecule has 1 aromatic heterocycles. The van der Waals surface area contributed by atoms with Gasteiger partial charge in [0.25, 0.3) is 0 Å². The number of hydrogen-bond donors (Lipinski definition) is 3. The molecular formula is C16H24N2O5. The highest BCUT2D eigenvalue weighted by molar-refractivity contribution is 5.08. The smallest absolute Gasteiger partial charge is 0.176 e. The van der Waals surface area contributed by atoms with Gasteiger partial charge in [-0.3, -0.25) is 4.90 Å². The van der Waals surface area contributed by atoms with Crippen molar-refractivity contribution in [2.45, 2.75) is 56.6 Å². The van der Waals surface area contributed by atoms with E-state index in [0.717, 1.165) is 31.7 Å². The first-order valence-corrected chi connectivity index (χ1v) is 8.37. The summed E-state index contributed by atoms with van der Waals surface area (Å²) in [5.74, 6) is 1.28. The number of ether oxygens (including phenoxy) is 2. The fraction of sp³-hybridized carbons (Fsp3) is 0.750. The Morgan fingerprint density at radius 1 is 1.22 bits per heavy atom. The molecule has 5 atom stereocenters. The van der Waals surface area contributed by atoms with Crippen LogP contribution in [0.4, 0.5) is 0 Å². The minimum absolute atomic E-state index is 0.107. The van der Waals surface area contributed by atoms with Gasteiger partial charge in [0.1, 0.15) is 24.2 Å². The maximum atomic E-state index is 10.9. The van der Waals surface area contributed by atoms with Crippen molar-refractivity contribution in [3.63, 3.8) is 0 Å². The Morgan fingerprint density at radius 2 is 2.00 bits per heavy atom. The van der Waals surface area contributed by atoms with Gasteiger partial charge in [-0.15, -0.1) is 0 Å². The second-order valence-corrected chi connectivity index (χ2v) is 6.53.